The van der Waals surface area contributed by atoms with E-state index >= 15 is 0 Å². The quantitative estimate of drug-likeness (QED) is 0.177. The molecule has 3 heterocycles. The fourth-order valence-corrected chi connectivity index (χ4v) is 10.7. The minimum absolute atomic E-state index is 0.378. The molecule has 14 rings (SSSR count). The Morgan fingerprint density at radius 2 is 0.778 bits per heavy atom. The van der Waals surface area contributed by atoms with E-state index in [4.69, 9.17) is 23.8 Å². The molecule has 1 spiro atoms. The summed E-state index contributed by atoms with van der Waals surface area (Å²) >= 11 is 0. The zero-order chi connectivity index (χ0) is 41.2. The Bertz CT molecular complexity index is 3830. The van der Waals surface area contributed by atoms with Crippen LogP contribution in [0.2, 0.25) is 0 Å². The molecule has 292 valence electrons. The van der Waals surface area contributed by atoms with E-state index < -0.39 is 0 Å². The lowest BCUT2D eigenvalue weighted by atomic mass is 9.70. The maximum Gasteiger partial charge on any atom is 0.164 e. The van der Waals surface area contributed by atoms with Crippen molar-refractivity contribution in [3.63, 3.8) is 0 Å². The molecule has 12 aromatic rings. The lowest BCUT2D eigenvalue weighted by Crippen LogP contribution is -2.25. The van der Waals surface area contributed by atoms with Gasteiger partial charge >= 0.3 is 0 Å². The fraction of sp³-hybridized carbons (Fsp3) is 0.0172. The molecule has 0 N–H and O–H groups in total. The Morgan fingerprint density at radius 3 is 1.54 bits per heavy atom. The molecule has 0 atom stereocenters. The molecule has 3 aromatic heterocycles. The van der Waals surface area contributed by atoms with E-state index in [0.29, 0.717) is 17.5 Å². The smallest absolute Gasteiger partial charge is 0.164 e. The molecule has 0 fully saturated rings. The lowest BCUT2D eigenvalue weighted by molar-refractivity contribution is 0.668. The van der Waals surface area contributed by atoms with Crippen molar-refractivity contribution in [1.82, 2.24) is 15.0 Å². The maximum atomic E-state index is 6.58. The van der Waals surface area contributed by atoms with Crippen LogP contribution in [-0.4, -0.2) is 15.0 Å². The van der Waals surface area contributed by atoms with Crippen molar-refractivity contribution in [2.24, 2.45) is 0 Å². The first-order valence-corrected chi connectivity index (χ1v) is 21.3. The molecule has 0 unspecified atom stereocenters. The highest BCUT2D eigenvalue weighted by Crippen LogP contribution is 2.63. The first kappa shape index (κ1) is 34.3. The number of nitrogens with zero attached hydrogens (tertiary/aromatic N) is 3. The zero-order valence-corrected chi connectivity index (χ0v) is 33.7. The van der Waals surface area contributed by atoms with Crippen LogP contribution in [-0.2, 0) is 5.41 Å². The molecule has 5 heteroatoms. The summed E-state index contributed by atoms with van der Waals surface area (Å²) in [5.74, 6) is 1.76. The average Bonchev–Trinajstić information content (AvgIpc) is 4.09. The molecule has 9 aromatic carbocycles. The number of rotatable bonds is 4. The van der Waals surface area contributed by atoms with Crippen LogP contribution in [0.25, 0.3) is 111 Å². The first-order chi connectivity index (χ1) is 31.2. The van der Waals surface area contributed by atoms with Crippen molar-refractivity contribution in [2.75, 3.05) is 0 Å². The molecule has 0 amide bonds. The van der Waals surface area contributed by atoms with E-state index in [9.17, 15) is 0 Å². The molecular formula is C58H33N3O2. The molecule has 63 heavy (non-hydrogen) atoms. The van der Waals surface area contributed by atoms with Gasteiger partial charge in [-0.3, -0.25) is 0 Å². The standard InChI is InChI=1S/C58H33N3O2/c1-2-13-34(14-3-1)55-59-56(37-27-30-51-44(33-37)41-18-7-11-23-50(41)62-51)61-57(60-55)42-19-12-24-53-54(42)45-32-36(26-29-52(45)63-53)35-25-28-49-43(31-35)40-17-6-10-22-48(40)58(49)46-20-8-4-15-38(46)39-16-5-9-21-47(39)58/h1-33H. The van der Waals surface area contributed by atoms with Crippen LogP contribution in [0.15, 0.2) is 209 Å². The summed E-state index contributed by atoms with van der Waals surface area (Å²) < 4.78 is 12.8. The summed E-state index contributed by atoms with van der Waals surface area (Å²) in [6.07, 6.45) is 0. The molecule has 2 aliphatic carbocycles. The van der Waals surface area contributed by atoms with Crippen LogP contribution in [0.3, 0.4) is 0 Å². The van der Waals surface area contributed by atoms with Crippen molar-refractivity contribution in [2.45, 2.75) is 5.41 Å². The third kappa shape index (κ3) is 4.79. The summed E-state index contributed by atoms with van der Waals surface area (Å²) in [6.45, 7) is 0. The molecule has 0 bridgehead atoms. The highest BCUT2D eigenvalue weighted by atomic mass is 16.3. The third-order valence-electron chi connectivity index (χ3n) is 13.4. The minimum Gasteiger partial charge on any atom is -0.456 e. The third-order valence-corrected chi connectivity index (χ3v) is 13.4. The van der Waals surface area contributed by atoms with Gasteiger partial charge < -0.3 is 8.83 Å². The fourth-order valence-electron chi connectivity index (χ4n) is 10.7. The predicted octanol–water partition coefficient (Wildman–Crippen LogP) is 14.7. The predicted molar refractivity (Wildman–Crippen MR) is 252 cm³/mol. The van der Waals surface area contributed by atoms with Gasteiger partial charge in [0.2, 0.25) is 0 Å². The van der Waals surface area contributed by atoms with Gasteiger partial charge in [-0.05, 0) is 104 Å². The number of furan rings is 2. The van der Waals surface area contributed by atoms with Gasteiger partial charge in [-0.2, -0.15) is 0 Å². The Labute approximate surface area is 361 Å². The van der Waals surface area contributed by atoms with Crippen LogP contribution in [0.5, 0.6) is 0 Å². The van der Waals surface area contributed by atoms with Crippen LogP contribution >= 0.6 is 0 Å². The summed E-state index contributed by atoms with van der Waals surface area (Å²) in [4.78, 5) is 15.5. The molecule has 0 saturated heterocycles. The van der Waals surface area contributed by atoms with E-state index in [1.54, 1.807) is 0 Å². The van der Waals surface area contributed by atoms with E-state index in [1.165, 1.54) is 44.5 Å². The molecule has 5 nitrogen and oxygen atoms in total. The lowest BCUT2D eigenvalue weighted by Gasteiger charge is -2.30. The maximum absolute atomic E-state index is 6.58. The van der Waals surface area contributed by atoms with Crippen molar-refractivity contribution < 1.29 is 8.83 Å². The SMILES string of the molecule is c1ccc(-c2nc(-c3ccc4oc5ccccc5c4c3)nc(-c3cccc4oc5ccc(-c6ccc7c(c6)-c6ccccc6C76c7ccccc7-c7ccccc76)cc5c34)n2)cc1. The number of aromatic nitrogens is 3. The van der Waals surface area contributed by atoms with Crippen molar-refractivity contribution in [3.8, 4) is 67.5 Å². The van der Waals surface area contributed by atoms with Gasteiger partial charge in [0, 0.05) is 38.2 Å². The zero-order valence-electron chi connectivity index (χ0n) is 33.7. The summed E-state index contributed by atoms with van der Waals surface area (Å²) in [6, 6.07) is 70.9. The molecule has 2 aliphatic rings. The van der Waals surface area contributed by atoms with Gasteiger partial charge in [-0.1, -0.05) is 152 Å². The Balaban J connectivity index is 0.943. The Hall–Kier alpha value is -8.41. The second kappa shape index (κ2) is 12.8. The number of benzene rings is 9. The van der Waals surface area contributed by atoms with Gasteiger partial charge in [-0.25, -0.2) is 15.0 Å². The first-order valence-electron chi connectivity index (χ1n) is 21.3. The van der Waals surface area contributed by atoms with Crippen LogP contribution < -0.4 is 0 Å². The van der Waals surface area contributed by atoms with Gasteiger partial charge in [0.25, 0.3) is 0 Å². The number of para-hydroxylation sites is 1. The Kier molecular flexibility index (Phi) is 6.97. The van der Waals surface area contributed by atoms with E-state index in [2.05, 4.69) is 127 Å². The highest BCUT2D eigenvalue weighted by Gasteiger charge is 2.51. The van der Waals surface area contributed by atoms with Crippen LogP contribution in [0.1, 0.15) is 22.3 Å². The average molecular weight is 804 g/mol. The van der Waals surface area contributed by atoms with Crippen LogP contribution in [0, 0.1) is 0 Å². The topological polar surface area (TPSA) is 65.0 Å². The van der Waals surface area contributed by atoms with E-state index in [0.717, 1.165) is 71.7 Å². The summed E-state index contributed by atoms with van der Waals surface area (Å²) in [7, 11) is 0. The summed E-state index contributed by atoms with van der Waals surface area (Å²) in [5, 5.41) is 4.04. The van der Waals surface area contributed by atoms with Crippen molar-refractivity contribution >= 4 is 43.9 Å². The van der Waals surface area contributed by atoms with Crippen molar-refractivity contribution in [3.05, 3.63) is 222 Å². The molecule has 0 aliphatic heterocycles. The van der Waals surface area contributed by atoms with E-state index in [-0.39, 0.29) is 5.41 Å². The number of fused-ring (bicyclic) bond motifs is 16. The van der Waals surface area contributed by atoms with Gasteiger partial charge in [-0.15, -0.1) is 0 Å². The largest absolute Gasteiger partial charge is 0.456 e. The highest BCUT2D eigenvalue weighted by molar-refractivity contribution is 6.13. The second-order valence-electron chi connectivity index (χ2n) is 16.6. The monoisotopic (exact) mass is 803 g/mol. The molecule has 0 saturated carbocycles. The minimum atomic E-state index is -0.378. The second-order valence-corrected chi connectivity index (χ2v) is 16.6. The van der Waals surface area contributed by atoms with Gasteiger partial charge in [0.05, 0.1) is 5.41 Å². The van der Waals surface area contributed by atoms with Crippen molar-refractivity contribution in [1.29, 1.82) is 0 Å². The number of hydrogen-bond donors (Lipinski definition) is 0. The molecular weight excluding hydrogens is 771 g/mol. The van der Waals surface area contributed by atoms with E-state index in [1.807, 2.05) is 72.8 Å². The normalized spacial score (nSPS) is 13.2. The van der Waals surface area contributed by atoms with Crippen LogP contribution in [0.4, 0.5) is 0 Å². The summed E-state index contributed by atoms with van der Waals surface area (Å²) in [5.41, 5.74) is 18.3. The van der Waals surface area contributed by atoms with Gasteiger partial charge in [0.15, 0.2) is 17.5 Å². The van der Waals surface area contributed by atoms with Gasteiger partial charge in [0.1, 0.15) is 22.3 Å². The number of hydrogen-bond acceptors (Lipinski definition) is 5. The molecule has 0 radical (unpaired) electrons. The Morgan fingerprint density at radius 1 is 0.286 bits per heavy atom.